The molecule has 0 spiro atoms. The van der Waals surface area contributed by atoms with Gasteiger partial charge in [0.1, 0.15) is 0 Å². The summed E-state index contributed by atoms with van der Waals surface area (Å²) in [7, 11) is 0. The summed E-state index contributed by atoms with van der Waals surface area (Å²) in [6, 6.07) is 6.97. The number of nitro groups is 1. The van der Waals surface area contributed by atoms with E-state index >= 15 is 0 Å². The number of non-ortho nitro benzene ring substituents is 1. The molecule has 1 aromatic rings. The summed E-state index contributed by atoms with van der Waals surface area (Å²) in [4.78, 5) is 10.1. The lowest BCUT2D eigenvalue weighted by atomic mass is 10.1. The van der Waals surface area contributed by atoms with Crippen LogP contribution in [0.1, 0.15) is 11.6 Å². The second kappa shape index (κ2) is 7.45. The van der Waals surface area contributed by atoms with Gasteiger partial charge in [-0.05, 0) is 5.56 Å². The Morgan fingerprint density at radius 3 is 2.29 bits per heavy atom. The lowest BCUT2D eigenvalue weighted by Crippen LogP contribution is -2.42. The predicted molar refractivity (Wildman–Crippen MR) is 71.2 cm³/mol. The molecule has 0 amide bonds. The van der Waals surface area contributed by atoms with Gasteiger partial charge in [-0.1, -0.05) is 12.1 Å². The number of hydrogen-bond acceptors (Lipinski definition) is 4. The Bertz CT molecular complexity index is 353. The van der Waals surface area contributed by atoms with Crippen molar-refractivity contribution in [3.63, 3.8) is 0 Å². The Morgan fingerprint density at radius 1 is 1.18 bits per heavy atom. The molecule has 0 bridgehead atoms. The second-order valence-corrected chi connectivity index (χ2v) is 3.56. The molecular formula is C10H15Cl2N3O2. The van der Waals surface area contributed by atoms with Gasteiger partial charge < -0.3 is 10.6 Å². The number of rotatable bonds is 2. The van der Waals surface area contributed by atoms with Crippen molar-refractivity contribution in [2.45, 2.75) is 6.04 Å². The average molecular weight is 280 g/mol. The normalized spacial score (nSPS) is 18.7. The Morgan fingerprint density at radius 2 is 1.82 bits per heavy atom. The Balaban J connectivity index is 0.00000128. The molecule has 1 aliphatic heterocycles. The smallest absolute Gasteiger partial charge is 0.269 e. The number of benzene rings is 1. The van der Waals surface area contributed by atoms with Gasteiger partial charge >= 0.3 is 0 Å². The predicted octanol–water partition coefficient (Wildman–Crippen LogP) is 1.67. The van der Waals surface area contributed by atoms with E-state index in [1.54, 1.807) is 12.1 Å². The topological polar surface area (TPSA) is 67.2 Å². The molecule has 0 radical (unpaired) electrons. The molecule has 1 saturated heterocycles. The van der Waals surface area contributed by atoms with Crippen molar-refractivity contribution in [2.75, 3.05) is 19.6 Å². The Hall–Kier alpha value is -0.880. The van der Waals surface area contributed by atoms with E-state index in [2.05, 4.69) is 10.6 Å². The van der Waals surface area contributed by atoms with Crippen LogP contribution in [0.3, 0.4) is 0 Å². The lowest BCUT2D eigenvalue weighted by Gasteiger charge is -2.24. The summed E-state index contributed by atoms with van der Waals surface area (Å²) in [5.41, 5.74) is 1.23. The third-order valence-corrected chi connectivity index (χ3v) is 2.55. The third-order valence-electron chi connectivity index (χ3n) is 2.55. The molecule has 2 N–H and O–H groups in total. The zero-order valence-electron chi connectivity index (χ0n) is 9.09. The SMILES string of the molecule is Cl.Cl.O=[N+]([O-])c1ccc(C2CNCCN2)cc1. The van der Waals surface area contributed by atoms with Crippen LogP contribution in [0.4, 0.5) is 5.69 Å². The average Bonchev–Trinajstić information content (AvgIpc) is 2.30. The molecule has 0 aliphatic carbocycles. The molecular weight excluding hydrogens is 265 g/mol. The van der Waals surface area contributed by atoms with Crippen LogP contribution in [0, 0.1) is 10.1 Å². The quantitative estimate of drug-likeness (QED) is 0.639. The first-order chi connectivity index (χ1) is 7.27. The van der Waals surface area contributed by atoms with Crippen LogP contribution in [0.25, 0.3) is 0 Å². The van der Waals surface area contributed by atoms with Crippen molar-refractivity contribution in [1.29, 1.82) is 0 Å². The highest BCUT2D eigenvalue weighted by Gasteiger charge is 2.14. The first kappa shape index (κ1) is 16.1. The summed E-state index contributed by atoms with van der Waals surface area (Å²) in [5.74, 6) is 0. The molecule has 5 nitrogen and oxygen atoms in total. The maximum absolute atomic E-state index is 10.5. The van der Waals surface area contributed by atoms with Crippen LogP contribution >= 0.6 is 24.8 Å². The van der Waals surface area contributed by atoms with E-state index < -0.39 is 0 Å². The summed E-state index contributed by atoms with van der Waals surface area (Å²) in [6.07, 6.45) is 0. The minimum atomic E-state index is -0.379. The van der Waals surface area contributed by atoms with Crippen molar-refractivity contribution in [1.82, 2.24) is 10.6 Å². The van der Waals surface area contributed by atoms with Crippen molar-refractivity contribution in [3.8, 4) is 0 Å². The number of nitrogens with one attached hydrogen (secondary N) is 2. The molecule has 0 saturated carbocycles. The van der Waals surface area contributed by atoms with Crippen LogP contribution in [0.5, 0.6) is 0 Å². The van der Waals surface area contributed by atoms with Gasteiger partial charge in [-0.3, -0.25) is 10.1 Å². The monoisotopic (exact) mass is 279 g/mol. The number of nitro benzene ring substituents is 1. The molecule has 1 unspecified atom stereocenters. The third kappa shape index (κ3) is 4.12. The van der Waals surface area contributed by atoms with E-state index in [1.807, 2.05) is 12.1 Å². The fraction of sp³-hybridized carbons (Fsp3) is 0.400. The number of piperazine rings is 1. The zero-order chi connectivity index (χ0) is 10.7. The van der Waals surface area contributed by atoms with Gasteiger partial charge in [0.15, 0.2) is 0 Å². The Kier molecular flexibility index (Phi) is 7.06. The van der Waals surface area contributed by atoms with Crippen molar-refractivity contribution in [2.24, 2.45) is 0 Å². The van der Waals surface area contributed by atoms with E-state index in [1.165, 1.54) is 0 Å². The van der Waals surface area contributed by atoms with Crippen LogP contribution in [0.15, 0.2) is 24.3 Å². The highest BCUT2D eigenvalue weighted by atomic mass is 35.5. The van der Waals surface area contributed by atoms with Crippen LogP contribution in [-0.4, -0.2) is 24.6 Å². The fourth-order valence-electron chi connectivity index (χ4n) is 1.72. The van der Waals surface area contributed by atoms with Gasteiger partial charge in [0.2, 0.25) is 0 Å². The van der Waals surface area contributed by atoms with Crippen molar-refractivity contribution < 1.29 is 4.92 Å². The molecule has 1 atom stereocenters. The fourth-order valence-corrected chi connectivity index (χ4v) is 1.72. The Labute approximate surface area is 112 Å². The maximum atomic E-state index is 10.5. The summed E-state index contributed by atoms with van der Waals surface area (Å²) < 4.78 is 0. The summed E-state index contributed by atoms with van der Waals surface area (Å²) >= 11 is 0. The highest BCUT2D eigenvalue weighted by molar-refractivity contribution is 5.85. The van der Waals surface area contributed by atoms with Gasteiger partial charge in [0, 0.05) is 37.8 Å². The van der Waals surface area contributed by atoms with Crippen molar-refractivity contribution in [3.05, 3.63) is 39.9 Å². The molecule has 0 aromatic heterocycles. The first-order valence-corrected chi connectivity index (χ1v) is 4.96. The number of hydrogen-bond donors (Lipinski definition) is 2. The van der Waals surface area contributed by atoms with E-state index in [0.29, 0.717) is 0 Å². The summed E-state index contributed by atoms with van der Waals surface area (Å²) in [6.45, 7) is 2.78. The van der Waals surface area contributed by atoms with Crippen LogP contribution in [-0.2, 0) is 0 Å². The van der Waals surface area contributed by atoms with E-state index in [9.17, 15) is 10.1 Å². The van der Waals surface area contributed by atoms with Gasteiger partial charge in [0.05, 0.1) is 4.92 Å². The van der Waals surface area contributed by atoms with Gasteiger partial charge in [-0.25, -0.2) is 0 Å². The lowest BCUT2D eigenvalue weighted by molar-refractivity contribution is -0.384. The molecule has 17 heavy (non-hydrogen) atoms. The largest absolute Gasteiger partial charge is 0.314 e. The highest BCUT2D eigenvalue weighted by Crippen LogP contribution is 2.18. The maximum Gasteiger partial charge on any atom is 0.269 e. The number of halogens is 2. The molecule has 1 fully saturated rings. The van der Waals surface area contributed by atoms with Crippen LogP contribution in [0.2, 0.25) is 0 Å². The first-order valence-electron chi connectivity index (χ1n) is 4.96. The minimum absolute atomic E-state index is 0. The van der Waals surface area contributed by atoms with E-state index in [0.717, 1.165) is 25.2 Å². The molecule has 7 heteroatoms. The minimum Gasteiger partial charge on any atom is -0.314 e. The summed E-state index contributed by atoms with van der Waals surface area (Å²) in [5, 5.41) is 17.1. The van der Waals surface area contributed by atoms with E-state index in [4.69, 9.17) is 0 Å². The molecule has 1 aromatic carbocycles. The number of nitrogens with zero attached hydrogens (tertiary/aromatic N) is 1. The van der Waals surface area contributed by atoms with Gasteiger partial charge in [0.25, 0.3) is 5.69 Å². The van der Waals surface area contributed by atoms with Gasteiger partial charge in [-0.15, -0.1) is 24.8 Å². The van der Waals surface area contributed by atoms with Crippen molar-refractivity contribution >= 4 is 30.5 Å². The molecule has 1 aliphatic rings. The molecule has 96 valence electrons. The molecule has 2 rings (SSSR count). The standard InChI is InChI=1S/C10H13N3O2.2ClH/c14-13(15)9-3-1-8(2-4-9)10-7-11-5-6-12-10;;/h1-4,10-12H,5-7H2;2*1H. The molecule has 1 heterocycles. The van der Waals surface area contributed by atoms with E-state index in [-0.39, 0.29) is 41.5 Å². The van der Waals surface area contributed by atoms with Crippen LogP contribution < -0.4 is 10.6 Å². The second-order valence-electron chi connectivity index (χ2n) is 3.56. The van der Waals surface area contributed by atoms with Gasteiger partial charge in [-0.2, -0.15) is 0 Å². The zero-order valence-corrected chi connectivity index (χ0v) is 10.7.